The van der Waals surface area contributed by atoms with Crippen molar-refractivity contribution in [1.82, 2.24) is 4.57 Å². The van der Waals surface area contributed by atoms with Crippen LogP contribution in [0.15, 0.2) is 36.5 Å². The Kier molecular flexibility index (Phi) is 3.18. The molecule has 1 aliphatic rings. The molecule has 0 bridgehead atoms. The summed E-state index contributed by atoms with van der Waals surface area (Å²) in [4.78, 5) is 12.1. The normalized spacial score (nSPS) is 14.2. The van der Waals surface area contributed by atoms with Crippen molar-refractivity contribution in [1.29, 1.82) is 0 Å². The van der Waals surface area contributed by atoms with Gasteiger partial charge in [-0.1, -0.05) is 18.2 Å². The van der Waals surface area contributed by atoms with E-state index in [1.54, 1.807) is 30.5 Å². The maximum Gasteiger partial charge on any atom is 0.355 e. The van der Waals surface area contributed by atoms with Gasteiger partial charge in [-0.3, -0.25) is 0 Å². The summed E-state index contributed by atoms with van der Waals surface area (Å²) in [7, 11) is 0. The summed E-state index contributed by atoms with van der Waals surface area (Å²) < 4.78 is 20.5. The van der Waals surface area contributed by atoms with Crippen LogP contribution in [0.5, 0.6) is 0 Å². The minimum Gasteiger partial charge on any atom is -0.456 e. The number of esters is 1. The maximum atomic E-state index is 13.4. The van der Waals surface area contributed by atoms with Gasteiger partial charge in [-0.15, -0.1) is 0 Å². The van der Waals surface area contributed by atoms with E-state index in [2.05, 4.69) is 0 Å². The van der Waals surface area contributed by atoms with Gasteiger partial charge in [0.15, 0.2) is 0 Å². The monoisotopic (exact) mass is 274 g/mol. The number of nitrogens with zero attached hydrogens (tertiary/aromatic N) is 1. The second kappa shape index (κ2) is 5.00. The molecule has 20 heavy (non-hydrogen) atoms. The summed E-state index contributed by atoms with van der Waals surface area (Å²) in [5.41, 5.74) is 7.05. The number of nitrogens with two attached hydrogens (primary N) is 1. The van der Waals surface area contributed by atoms with E-state index in [-0.39, 0.29) is 12.4 Å². The molecular formula is C15H15FN2O2. The van der Waals surface area contributed by atoms with Gasteiger partial charge in [-0.05, 0) is 25.0 Å². The van der Waals surface area contributed by atoms with E-state index in [9.17, 15) is 9.18 Å². The number of carbonyl (C=O) groups is 1. The number of hydrogen-bond acceptors (Lipinski definition) is 3. The Morgan fingerprint density at radius 2 is 2.15 bits per heavy atom. The molecule has 0 amide bonds. The largest absolute Gasteiger partial charge is 0.456 e. The van der Waals surface area contributed by atoms with Gasteiger partial charge in [-0.2, -0.15) is 0 Å². The topological polar surface area (TPSA) is 57.3 Å². The molecule has 1 aromatic carbocycles. The zero-order valence-electron chi connectivity index (χ0n) is 10.9. The van der Waals surface area contributed by atoms with Crippen molar-refractivity contribution in [2.24, 2.45) is 0 Å². The molecule has 5 heteroatoms. The Labute approximate surface area is 116 Å². The van der Waals surface area contributed by atoms with Crippen LogP contribution in [0.25, 0.3) is 0 Å². The molecule has 1 saturated carbocycles. The van der Waals surface area contributed by atoms with E-state index in [4.69, 9.17) is 10.5 Å². The molecule has 0 radical (unpaired) electrons. The van der Waals surface area contributed by atoms with Gasteiger partial charge in [-0.25, -0.2) is 9.18 Å². The van der Waals surface area contributed by atoms with Crippen LogP contribution in [-0.4, -0.2) is 10.5 Å². The summed E-state index contributed by atoms with van der Waals surface area (Å²) in [6.07, 6.45) is 3.83. The zero-order chi connectivity index (χ0) is 14.1. The van der Waals surface area contributed by atoms with Gasteiger partial charge in [0.2, 0.25) is 0 Å². The highest BCUT2D eigenvalue weighted by atomic mass is 19.1. The highest BCUT2D eigenvalue weighted by molar-refractivity contribution is 5.89. The standard InChI is InChI=1S/C15H15FN2O2/c16-13-4-2-1-3-10(13)9-20-15(19)14-7-11(17)8-18(14)12-5-6-12/h1-4,7-8,12H,5-6,9,17H2. The van der Waals surface area contributed by atoms with Crippen molar-refractivity contribution in [3.63, 3.8) is 0 Å². The van der Waals surface area contributed by atoms with E-state index in [0.29, 0.717) is 23.0 Å². The predicted molar refractivity (Wildman–Crippen MR) is 72.6 cm³/mol. The van der Waals surface area contributed by atoms with Gasteiger partial charge >= 0.3 is 5.97 Å². The Balaban J connectivity index is 1.72. The van der Waals surface area contributed by atoms with Gasteiger partial charge in [0.1, 0.15) is 18.1 Å². The first-order valence-electron chi connectivity index (χ1n) is 6.53. The molecule has 104 valence electrons. The minimum absolute atomic E-state index is 0.0821. The van der Waals surface area contributed by atoms with Crippen molar-refractivity contribution in [2.45, 2.75) is 25.5 Å². The van der Waals surface area contributed by atoms with E-state index >= 15 is 0 Å². The molecule has 3 rings (SSSR count). The van der Waals surface area contributed by atoms with Crippen molar-refractivity contribution in [3.8, 4) is 0 Å². The molecule has 4 nitrogen and oxygen atoms in total. The fourth-order valence-corrected chi connectivity index (χ4v) is 2.15. The molecule has 0 spiro atoms. The van der Waals surface area contributed by atoms with Crippen molar-refractivity contribution in [2.75, 3.05) is 5.73 Å². The highest BCUT2D eigenvalue weighted by Gasteiger charge is 2.28. The van der Waals surface area contributed by atoms with Crippen LogP contribution in [0.1, 0.15) is 34.9 Å². The lowest BCUT2D eigenvalue weighted by molar-refractivity contribution is 0.0456. The summed E-state index contributed by atoms with van der Waals surface area (Å²) in [6.45, 7) is -0.0821. The third-order valence-electron chi connectivity index (χ3n) is 3.34. The quantitative estimate of drug-likeness (QED) is 0.872. The lowest BCUT2D eigenvalue weighted by Gasteiger charge is -2.08. The van der Waals surface area contributed by atoms with Crippen LogP contribution < -0.4 is 5.73 Å². The molecule has 1 aliphatic carbocycles. The summed E-state index contributed by atoms with van der Waals surface area (Å²) in [5.74, 6) is -0.853. The van der Waals surface area contributed by atoms with Crippen LogP contribution in [0, 0.1) is 5.82 Å². The van der Waals surface area contributed by atoms with Gasteiger partial charge in [0.05, 0.1) is 5.69 Å². The molecule has 1 aromatic heterocycles. The van der Waals surface area contributed by atoms with E-state index in [1.807, 2.05) is 4.57 Å². The average molecular weight is 274 g/mol. The number of carbonyl (C=O) groups excluding carboxylic acids is 1. The number of benzene rings is 1. The first kappa shape index (κ1) is 12.7. The Morgan fingerprint density at radius 1 is 1.40 bits per heavy atom. The molecule has 2 N–H and O–H groups in total. The molecule has 2 aromatic rings. The van der Waals surface area contributed by atoms with Crippen LogP contribution in [-0.2, 0) is 11.3 Å². The summed E-state index contributed by atoms with van der Waals surface area (Å²) in [5, 5.41) is 0. The first-order valence-corrected chi connectivity index (χ1v) is 6.53. The summed E-state index contributed by atoms with van der Waals surface area (Å²) >= 11 is 0. The summed E-state index contributed by atoms with van der Waals surface area (Å²) in [6, 6.07) is 8.17. The molecule has 1 fully saturated rings. The lowest BCUT2D eigenvalue weighted by Crippen LogP contribution is -2.11. The SMILES string of the molecule is Nc1cc(C(=O)OCc2ccccc2F)n(C2CC2)c1. The fraction of sp³-hybridized carbons (Fsp3) is 0.267. The molecule has 0 saturated heterocycles. The van der Waals surface area contributed by atoms with E-state index < -0.39 is 5.97 Å². The molecule has 0 atom stereocenters. The van der Waals surface area contributed by atoms with Crippen LogP contribution in [0.2, 0.25) is 0 Å². The lowest BCUT2D eigenvalue weighted by atomic mass is 10.2. The maximum absolute atomic E-state index is 13.4. The van der Waals surface area contributed by atoms with Gasteiger partial charge < -0.3 is 15.0 Å². The third kappa shape index (κ3) is 2.52. The van der Waals surface area contributed by atoms with Gasteiger partial charge in [0.25, 0.3) is 0 Å². The number of aromatic nitrogens is 1. The average Bonchev–Trinajstić information content (AvgIpc) is 3.20. The number of hydrogen-bond donors (Lipinski definition) is 1. The molecule has 1 heterocycles. The second-order valence-electron chi connectivity index (χ2n) is 4.96. The van der Waals surface area contributed by atoms with Crippen LogP contribution in [0.4, 0.5) is 10.1 Å². The number of halogens is 1. The molecule has 0 unspecified atom stereocenters. The Hall–Kier alpha value is -2.30. The van der Waals surface area contributed by atoms with Crippen molar-refractivity contribution in [3.05, 3.63) is 53.6 Å². The third-order valence-corrected chi connectivity index (χ3v) is 3.34. The second-order valence-corrected chi connectivity index (χ2v) is 4.96. The Bertz CT molecular complexity index is 647. The first-order chi connectivity index (χ1) is 9.65. The van der Waals surface area contributed by atoms with E-state index in [1.165, 1.54) is 6.07 Å². The Morgan fingerprint density at radius 3 is 2.85 bits per heavy atom. The van der Waals surface area contributed by atoms with E-state index in [0.717, 1.165) is 12.8 Å². The fourth-order valence-electron chi connectivity index (χ4n) is 2.15. The van der Waals surface area contributed by atoms with Crippen molar-refractivity contribution < 1.29 is 13.9 Å². The minimum atomic E-state index is -0.475. The smallest absolute Gasteiger partial charge is 0.355 e. The van der Waals surface area contributed by atoms with Crippen molar-refractivity contribution >= 4 is 11.7 Å². The number of ether oxygens (including phenoxy) is 1. The zero-order valence-corrected chi connectivity index (χ0v) is 10.9. The predicted octanol–water partition coefficient (Wildman–Crippen LogP) is 2.90. The molecule has 0 aliphatic heterocycles. The van der Waals surface area contributed by atoms with Gasteiger partial charge in [0, 0.05) is 17.8 Å². The molecular weight excluding hydrogens is 259 g/mol. The number of rotatable bonds is 4. The van der Waals surface area contributed by atoms with Crippen LogP contribution in [0.3, 0.4) is 0 Å². The highest BCUT2D eigenvalue weighted by Crippen LogP contribution is 2.37. The number of anilines is 1. The number of nitrogen functional groups attached to an aromatic ring is 1. The van der Waals surface area contributed by atoms with Crippen LogP contribution >= 0.6 is 0 Å².